The lowest BCUT2D eigenvalue weighted by atomic mass is 9.83. The van der Waals surface area contributed by atoms with Gasteiger partial charge < -0.3 is 24.8 Å². The molecule has 2 aromatic carbocycles. The fourth-order valence-electron chi connectivity index (χ4n) is 4.26. The van der Waals surface area contributed by atoms with E-state index in [1.54, 1.807) is 14.2 Å². The van der Waals surface area contributed by atoms with Crippen LogP contribution in [0.3, 0.4) is 0 Å². The Morgan fingerprint density at radius 2 is 1.85 bits per heavy atom. The van der Waals surface area contributed by atoms with Gasteiger partial charge in [0, 0.05) is 24.3 Å². The van der Waals surface area contributed by atoms with Gasteiger partial charge in [-0.25, -0.2) is 0 Å². The molecule has 3 N–H and O–H groups in total. The number of fused-ring (bicyclic) bond motifs is 1. The molecule has 0 radical (unpaired) electrons. The smallest absolute Gasteiger partial charge is 0.244 e. The number of nitrogens with two attached hydrogens (primary N) is 1. The van der Waals surface area contributed by atoms with E-state index in [1.165, 1.54) is 0 Å². The Morgan fingerprint density at radius 3 is 2.45 bits per heavy atom. The van der Waals surface area contributed by atoms with Crippen LogP contribution in [0, 0.1) is 11.3 Å². The topological polar surface area (TPSA) is 109 Å². The number of aromatic nitrogens is 2. The molecule has 0 bridgehead atoms. The molecule has 1 aliphatic rings. The van der Waals surface area contributed by atoms with Crippen molar-refractivity contribution < 1.29 is 14.2 Å². The molecular weight excluding hydrogens is 418 g/mol. The maximum absolute atomic E-state index is 9.97. The minimum atomic E-state index is -0.450. The Labute approximate surface area is 193 Å². The minimum Gasteiger partial charge on any atom is -0.497 e. The monoisotopic (exact) mass is 445 g/mol. The van der Waals surface area contributed by atoms with Crippen LogP contribution in [0.2, 0.25) is 0 Å². The summed E-state index contributed by atoms with van der Waals surface area (Å²) in [6.07, 6.45) is 0. The molecule has 1 atom stereocenters. The lowest BCUT2D eigenvalue weighted by Gasteiger charge is -2.26. The number of aromatic amines is 1. The summed E-state index contributed by atoms with van der Waals surface area (Å²) in [7, 11) is 3.21. The molecule has 33 heavy (non-hydrogen) atoms. The molecule has 0 amide bonds. The Hall–Kier alpha value is -4.12. The van der Waals surface area contributed by atoms with Crippen molar-refractivity contribution >= 4 is 5.69 Å². The van der Waals surface area contributed by atoms with Crippen LogP contribution in [0.15, 0.2) is 53.9 Å². The van der Waals surface area contributed by atoms with Gasteiger partial charge in [0.15, 0.2) is 0 Å². The van der Waals surface area contributed by atoms with Crippen molar-refractivity contribution in [3.05, 3.63) is 65.0 Å². The summed E-state index contributed by atoms with van der Waals surface area (Å²) in [5, 5.41) is 17.4. The van der Waals surface area contributed by atoms with Crippen molar-refractivity contribution in [3.63, 3.8) is 0 Å². The van der Waals surface area contributed by atoms with Crippen LogP contribution >= 0.6 is 0 Å². The first kappa shape index (κ1) is 22.1. The van der Waals surface area contributed by atoms with Crippen molar-refractivity contribution in [3.8, 4) is 34.7 Å². The number of hydrogen-bond acceptors (Lipinski definition) is 7. The summed E-state index contributed by atoms with van der Waals surface area (Å²) in [6, 6.07) is 15.9. The fraction of sp³-hybridized carbons (Fsp3) is 0.280. The largest absolute Gasteiger partial charge is 0.497 e. The van der Waals surface area contributed by atoms with Crippen LogP contribution in [-0.4, -0.2) is 37.5 Å². The predicted octanol–water partition coefficient (Wildman–Crippen LogP) is 4.16. The minimum absolute atomic E-state index is 0.0541. The first-order valence-corrected chi connectivity index (χ1v) is 10.8. The number of allylic oxidation sites excluding steroid dienone is 1. The number of nitrogens with zero attached hydrogens (tertiary/aromatic N) is 3. The quantitative estimate of drug-likeness (QED) is 0.562. The van der Waals surface area contributed by atoms with Crippen molar-refractivity contribution in [1.82, 2.24) is 10.2 Å². The van der Waals surface area contributed by atoms with Crippen LogP contribution in [0.25, 0.3) is 11.3 Å². The van der Waals surface area contributed by atoms with E-state index in [0.717, 1.165) is 35.5 Å². The second-order valence-electron chi connectivity index (χ2n) is 7.57. The van der Waals surface area contributed by atoms with E-state index in [2.05, 4.69) is 47.1 Å². The van der Waals surface area contributed by atoms with E-state index >= 15 is 0 Å². The van der Waals surface area contributed by atoms with Gasteiger partial charge in [-0.1, -0.05) is 12.1 Å². The van der Waals surface area contributed by atoms with Gasteiger partial charge in [-0.3, -0.25) is 5.10 Å². The number of benzene rings is 2. The van der Waals surface area contributed by atoms with E-state index in [-0.39, 0.29) is 5.88 Å². The third-order valence-electron chi connectivity index (χ3n) is 5.97. The second-order valence-corrected chi connectivity index (χ2v) is 7.57. The Balaban J connectivity index is 1.89. The van der Waals surface area contributed by atoms with Gasteiger partial charge in [0.1, 0.15) is 23.1 Å². The molecule has 0 unspecified atom stereocenters. The molecule has 0 spiro atoms. The van der Waals surface area contributed by atoms with Gasteiger partial charge >= 0.3 is 0 Å². The molecule has 1 aliphatic heterocycles. The number of nitrogens with one attached hydrogen (secondary N) is 1. The maximum Gasteiger partial charge on any atom is 0.244 e. The van der Waals surface area contributed by atoms with E-state index in [1.807, 2.05) is 30.3 Å². The van der Waals surface area contributed by atoms with E-state index in [0.29, 0.717) is 28.6 Å². The third kappa shape index (κ3) is 3.82. The normalized spacial score (nSPS) is 14.8. The number of anilines is 1. The molecule has 0 fully saturated rings. The van der Waals surface area contributed by atoms with Gasteiger partial charge in [-0.2, -0.15) is 5.26 Å². The number of nitriles is 1. The van der Waals surface area contributed by atoms with Crippen molar-refractivity contribution in [2.24, 2.45) is 5.73 Å². The number of methoxy groups -OCH3 is 2. The standard InChI is InChI=1S/C25H27N5O3/c1-5-30(6-2)16-9-7-15(8-10-16)21-19(14-26)24(27)33-25-22(21)23(28-29-25)18-13-17(31-3)11-12-20(18)32-4/h7-13,21H,5-6,27H2,1-4H3,(H,28,29)/t21-/m1/s1. The van der Waals surface area contributed by atoms with Gasteiger partial charge in [-0.15, -0.1) is 5.10 Å². The second kappa shape index (κ2) is 9.17. The molecule has 8 nitrogen and oxygen atoms in total. The Morgan fingerprint density at radius 1 is 1.12 bits per heavy atom. The van der Waals surface area contributed by atoms with Gasteiger partial charge in [0.2, 0.25) is 11.8 Å². The van der Waals surface area contributed by atoms with Gasteiger partial charge in [-0.05, 0) is 49.7 Å². The maximum atomic E-state index is 9.97. The third-order valence-corrected chi connectivity index (χ3v) is 5.97. The van der Waals surface area contributed by atoms with Crippen molar-refractivity contribution in [1.29, 1.82) is 5.26 Å². The zero-order chi connectivity index (χ0) is 23.5. The van der Waals surface area contributed by atoms with Crippen LogP contribution in [0.5, 0.6) is 17.4 Å². The zero-order valence-electron chi connectivity index (χ0n) is 19.2. The zero-order valence-corrected chi connectivity index (χ0v) is 19.2. The van der Waals surface area contributed by atoms with Crippen molar-refractivity contribution in [2.75, 3.05) is 32.2 Å². The number of rotatable bonds is 7. The highest BCUT2D eigenvalue weighted by molar-refractivity contribution is 5.76. The first-order chi connectivity index (χ1) is 16.1. The summed E-state index contributed by atoms with van der Waals surface area (Å²) in [6.45, 7) is 6.07. The highest BCUT2D eigenvalue weighted by atomic mass is 16.5. The molecule has 8 heteroatoms. The SMILES string of the molecule is CCN(CC)c1ccc([C@@H]2C(C#N)=C(N)Oc3n[nH]c(-c4cc(OC)ccc4OC)c32)cc1. The highest BCUT2D eigenvalue weighted by Gasteiger charge is 2.36. The molecular formula is C25H27N5O3. The molecule has 3 aromatic rings. The van der Waals surface area contributed by atoms with Gasteiger partial charge in [0.05, 0.1) is 31.4 Å². The van der Waals surface area contributed by atoms with Crippen LogP contribution in [-0.2, 0) is 0 Å². The molecule has 0 aliphatic carbocycles. The fourth-order valence-corrected chi connectivity index (χ4v) is 4.26. The molecule has 170 valence electrons. The predicted molar refractivity (Wildman–Crippen MR) is 126 cm³/mol. The summed E-state index contributed by atoms with van der Waals surface area (Å²) in [4.78, 5) is 2.26. The Bertz CT molecular complexity index is 1220. The lowest BCUT2D eigenvalue weighted by Crippen LogP contribution is -2.22. The average Bonchev–Trinajstić information content (AvgIpc) is 3.27. The summed E-state index contributed by atoms with van der Waals surface area (Å²) in [5.74, 6) is 1.25. The van der Waals surface area contributed by atoms with Crippen LogP contribution in [0.1, 0.15) is 30.9 Å². The molecule has 0 saturated carbocycles. The van der Waals surface area contributed by atoms with E-state index < -0.39 is 5.92 Å². The van der Waals surface area contributed by atoms with E-state index in [4.69, 9.17) is 19.9 Å². The van der Waals surface area contributed by atoms with Crippen molar-refractivity contribution in [2.45, 2.75) is 19.8 Å². The lowest BCUT2D eigenvalue weighted by molar-refractivity contribution is 0.379. The first-order valence-electron chi connectivity index (χ1n) is 10.8. The van der Waals surface area contributed by atoms with Crippen LogP contribution in [0.4, 0.5) is 5.69 Å². The van der Waals surface area contributed by atoms with E-state index in [9.17, 15) is 5.26 Å². The Kier molecular flexibility index (Phi) is 6.13. The molecule has 0 saturated heterocycles. The summed E-state index contributed by atoms with van der Waals surface area (Å²) < 4.78 is 16.7. The molecule has 1 aromatic heterocycles. The van der Waals surface area contributed by atoms with Crippen LogP contribution < -0.4 is 24.8 Å². The molecule has 2 heterocycles. The number of hydrogen-bond donors (Lipinski definition) is 2. The highest BCUT2D eigenvalue weighted by Crippen LogP contribution is 2.47. The average molecular weight is 446 g/mol. The summed E-state index contributed by atoms with van der Waals surface area (Å²) in [5.41, 5.74) is 10.7. The van der Waals surface area contributed by atoms with Gasteiger partial charge in [0.25, 0.3) is 0 Å². The summed E-state index contributed by atoms with van der Waals surface area (Å²) >= 11 is 0. The number of H-pyrrole nitrogens is 1. The number of ether oxygens (including phenoxy) is 3. The molecule has 4 rings (SSSR count).